The molecular formula is C32H38BNO5. The monoisotopic (exact) mass is 527 g/mol. The molecule has 2 saturated heterocycles. The van der Waals surface area contributed by atoms with Crippen molar-refractivity contribution in [1.82, 2.24) is 0 Å². The van der Waals surface area contributed by atoms with Gasteiger partial charge in [-0.1, -0.05) is 74.7 Å². The van der Waals surface area contributed by atoms with Crippen LogP contribution in [-0.4, -0.2) is 35.2 Å². The second-order valence-electron chi connectivity index (χ2n) is 11.4. The molecule has 1 aliphatic carbocycles. The van der Waals surface area contributed by atoms with Gasteiger partial charge in [0, 0.05) is 0 Å². The van der Waals surface area contributed by atoms with Gasteiger partial charge in [0.25, 0.3) is 0 Å². The van der Waals surface area contributed by atoms with Crippen molar-refractivity contribution < 1.29 is 24.4 Å². The standard InChI is InChI=1S/C32H38BNO5/c1-4-9-21(16-22-10-8-13-24(35)17-22)14-15-28-29-25(20(2)3)18-26-30(27(29)19-33(38)39-28)32(37)34(31(26)36)23-11-6-5-7-12-23/h5-8,10-13,16-17,20,26-28,30,35,38H,4,9,14-15,18-19H2,1-3H3/b21-16+/t26-,27+,28-,30-/m1/s1. The summed E-state index contributed by atoms with van der Waals surface area (Å²) < 4.78 is 6.18. The number of carbonyl (C=O) groups is 2. The van der Waals surface area contributed by atoms with Gasteiger partial charge < -0.3 is 14.8 Å². The van der Waals surface area contributed by atoms with Gasteiger partial charge in [-0.15, -0.1) is 0 Å². The smallest absolute Gasteiger partial charge is 0.455 e. The molecule has 0 bridgehead atoms. The average molecular weight is 527 g/mol. The van der Waals surface area contributed by atoms with Crippen LogP contribution in [0.4, 0.5) is 5.69 Å². The lowest BCUT2D eigenvalue weighted by Crippen LogP contribution is -2.46. The number of anilines is 1. The first-order valence-corrected chi connectivity index (χ1v) is 14.3. The summed E-state index contributed by atoms with van der Waals surface area (Å²) in [5, 5.41) is 20.7. The van der Waals surface area contributed by atoms with Crippen LogP contribution in [0.1, 0.15) is 58.4 Å². The molecule has 2 N–H and O–H groups in total. The number of carbonyl (C=O) groups excluding carboxylic acids is 2. The number of phenolic OH excluding ortho intramolecular Hbond substituents is 1. The maximum atomic E-state index is 13.8. The zero-order valence-corrected chi connectivity index (χ0v) is 23.0. The summed E-state index contributed by atoms with van der Waals surface area (Å²) in [4.78, 5) is 28.8. The highest BCUT2D eigenvalue weighted by molar-refractivity contribution is 6.43. The molecule has 6 nitrogen and oxygen atoms in total. The number of para-hydroxylation sites is 1. The van der Waals surface area contributed by atoms with Gasteiger partial charge >= 0.3 is 7.12 Å². The van der Waals surface area contributed by atoms with Crippen LogP contribution in [0.15, 0.2) is 71.3 Å². The Balaban J connectivity index is 1.45. The Labute approximate surface area is 231 Å². The van der Waals surface area contributed by atoms with Gasteiger partial charge in [0.1, 0.15) is 5.75 Å². The third kappa shape index (κ3) is 5.48. The van der Waals surface area contributed by atoms with Gasteiger partial charge in [-0.05, 0) is 79.2 Å². The predicted octanol–water partition coefficient (Wildman–Crippen LogP) is 6.01. The van der Waals surface area contributed by atoms with Crippen molar-refractivity contribution in [3.8, 4) is 5.75 Å². The van der Waals surface area contributed by atoms with Gasteiger partial charge in [-0.25, -0.2) is 0 Å². The average Bonchev–Trinajstić information content (AvgIpc) is 3.16. The van der Waals surface area contributed by atoms with Gasteiger partial charge in [0.2, 0.25) is 11.8 Å². The van der Waals surface area contributed by atoms with Crippen molar-refractivity contribution >= 4 is 30.7 Å². The van der Waals surface area contributed by atoms with Gasteiger partial charge in [-0.2, -0.15) is 0 Å². The van der Waals surface area contributed by atoms with Crippen LogP contribution >= 0.6 is 0 Å². The first-order valence-electron chi connectivity index (χ1n) is 14.3. The van der Waals surface area contributed by atoms with E-state index in [4.69, 9.17) is 4.65 Å². The van der Waals surface area contributed by atoms with Crippen molar-refractivity contribution in [2.45, 2.75) is 65.3 Å². The number of nitrogens with zero attached hydrogens (tertiary/aromatic N) is 1. The second kappa shape index (κ2) is 11.5. The van der Waals surface area contributed by atoms with Crippen LogP contribution < -0.4 is 4.90 Å². The maximum Gasteiger partial charge on any atom is 0.455 e. The molecule has 7 heteroatoms. The summed E-state index contributed by atoms with van der Waals surface area (Å²) in [7, 11) is -0.978. The van der Waals surface area contributed by atoms with Crippen LogP contribution in [-0.2, 0) is 14.2 Å². The van der Waals surface area contributed by atoms with E-state index in [9.17, 15) is 19.7 Å². The number of fused-ring (bicyclic) bond motifs is 3. The highest BCUT2D eigenvalue weighted by Gasteiger charge is 2.57. The molecule has 0 unspecified atom stereocenters. The molecule has 0 saturated carbocycles. The fourth-order valence-corrected chi connectivity index (χ4v) is 6.84. The van der Waals surface area contributed by atoms with Crippen molar-refractivity contribution in [3.05, 3.63) is 76.9 Å². The maximum absolute atomic E-state index is 13.8. The Morgan fingerprint density at radius 3 is 2.54 bits per heavy atom. The molecule has 2 amide bonds. The second-order valence-corrected chi connectivity index (χ2v) is 11.4. The Hall–Kier alpha value is -3.16. The summed E-state index contributed by atoms with van der Waals surface area (Å²) in [6, 6.07) is 16.4. The summed E-state index contributed by atoms with van der Waals surface area (Å²) in [5.74, 6) is -0.952. The van der Waals surface area contributed by atoms with Crippen molar-refractivity contribution in [3.63, 3.8) is 0 Å². The molecule has 0 spiro atoms. The summed E-state index contributed by atoms with van der Waals surface area (Å²) in [6.45, 7) is 6.43. The topological polar surface area (TPSA) is 87.1 Å². The fraction of sp³-hybridized carbons (Fsp3) is 0.438. The Bertz CT molecular complexity index is 1290. The number of hydrogen-bond donors (Lipinski definition) is 2. The van der Waals surface area contributed by atoms with E-state index in [-0.39, 0.29) is 35.5 Å². The van der Waals surface area contributed by atoms with E-state index in [1.165, 1.54) is 16.0 Å². The largest absolute Gasteiger partial charge is 0.508 e. The summed E-state index contributed by atoms with van der Waals surface area (Å²) >= 11 is 0. The van der Waals surface area contributed by atoms with Crippen molar-refractivity contribution in [2.75, 3.05) is 4.90 Å². The van der Waals surface area contributed by atoms with Gasteiger partial charge in [0.15, 0.2) is 0 Å². The molecule has 2 aromatic rings. The lowest BCUT2D eigenvalue weighted by molar-refractivity contribution is -0.122. The lowest BCUT2D eigenvalue weighted by Gasteiger charge is -2.44. The predicted molar refractivity (Wildman–Crippen MR) is 154 cm³/mol. The zero-order chi connectivity index (χ0) is 27.7. The fourth-order valence-electron chi connectivity index (χ4n) is 6.84. The first-order chi connectivity index (χ1) is 18.8. The number of phenols is 1. The number of imide groups is 1. The molecule has 2 aromatic carbocycles. The third-order valence-corrected chi connectivity index (χ3v) is 8.50. The SMILES string of the molecule is CCC/C(=C\c1cccc(O)c1)CC[C@H]1OB(O)C[C@H]2C1=C(C(C)C)C[C@H]1C(=O)N(c3ccccc3)C(=O)[C@H]12. The highest BCUT2D eigenvalue weighted by atomic mass is 16.5. The highest BCUT2D eigenvalue weighted by Crippen LogP contribution is 2.52. The number of amides is 2. The molecule has 4 atom stereocenters. The molecule has 5 rings (SSSR count). The van der Waals surface area contributed by atoms with E-state index in [1.807, 2.05) is 30.3 Å². The van der Waals surface area contributed by atoms with E-state index >= 15 is 0 Å². The number of benzene rings is 2. The minimum Gasteiger partial charge on any atom is -0.508 e. The minimum atomic E-state index is -0.978. The first kappa shape index (κ1) is 27.4. The number of allylic oxidation sites excluding steroid dienone is 2. The molecule has 2 aliphatic heterocycles. The normalized spacial score (nSPS) is 25.4. The molecular weight excluding hydrogens is 489 g/mol. The molecule has 2 fully saturated rings. The number of rotatable bonds is 8. The molecule has 0 aromatic heterocycles. The molecule has 0 radical (unpaired) electrons. The van der Waals surface area contributed by atoms with Crippen LogP contribution in [0.2, 0.25) is 6.32 Å². The third-order valence-electron chi connectivity index (χ3n) is 8.50. The van der Waals surface area contributed by atoms with Crippen LogP contribution in [0, 0.1) is 23.7 Å². The molecule has 3 aliphatic rings. The van der Waals surface area contributed by atoms with E-state index in [2.05, 4.69) is 26.8 Å². The van der Waals surface area contributed by atoms with E-state index in [0.717, 1.165) is 30.4 Å². The number of aromatic hydroxyl groups is 1. The Morgan fingerprint density at radius 1 is 1.08 bits per heavy atom. The molecule has 39 heavy (non-hydrogen) atoms. The lowest BCUT2D eigenvalue weighted by atomic mass is 9.57. The van der Waals surface area contributed by atoms with Crippen molar-refractivity contribution in [1.29, 1.82) is 0 Å². The quantitative estimate of drug-likeness (QED) is 0.249. The summed E-state index contributed by atoms with van der Waals surface area (Å²) in [6.07, 6.45) is 6.09. The van der Waals surface area contributed by atoms with Crippen LogP contribution in [0.25, 0.3) is 6.08 Å². The number of hydrogen-bond acceptors (Lipinski definition) is 5. The Kier molecular flexibility index (Phi) is 8.10. The summed E-state index contributed by atoms with van der Waals surface area (Å²) in [5.41, 5.74) is 5.15. The molecule has 2 heterocycles. The van der Waals surface area contributed by atoms with E-state index in [0.29, 0.717) is 24.8 Å². The van der Waals surface area contributed by atoms with Gasteiger partial charge in [0.05, 0.1) is 23.6 Å². The zero-order valence-electron chi connectivity index (χ0n) is 23.0. The van der Waals surface area contributed by atoms with E-state index < -0.39 is 19.0 Å². The Morgan fingerprint density at radius 2 is 1.85 bits per heavy atom. The van der Waals surface area contributed by atoms with E-state index in [1.54, 1.807) is 24.3 Å². The van der Waals surface area contributed by atoms with Crippen molar-refractivity contribution in [2.24, 2.45) is 23.7 Å². The van der Waals surface area contributed by atoms with Crippen LogP contribution in [0.3, 0.4) is 0 Å². The molecule has 204 valence electrons. The minimum absolute atomic E-state index is 0.134. The van der Waals surface area contributed by atoms with Crippen LogP contribution in [0.5, 0.6) is 5.75 Å². The van der Waals surface area contributed by atoms with Gasteiger partial charge in [-0.3, -0.25) is 14.5 Å².